The summed E-state index contributed by atoms with van der Waals surface area (Å²) in [5.41, 5.74) is 4.04. The van der Waals surface area contributed by atoms with Crippen LogP contribution in [0.25, 0.3) is 5.76 Å². The number of hydrogen-bond acceptors (Lipinski definition) is 6. The summed E-state index contributed by atoms with van der Waals surface area (Å²) in [5, 5.41) is 13.4. The quantitative estimate of drug-likeness (QED) is 0.246. The number of rotatable bonds is 7. The molecule has 1 amide bonds. The van der Waals surface area contributed by atoms with Crippen LogP contribution in [0.15, 0.2) is 53.4 Å². The number of thiophene rings is 1. The molecular weight excluding hydrogens is 462 g/mol. The molecule has 2 heterocycles. The molecule has 3 aromatic rings. The van der Waals surface area contributed by atoms with E-state index in [4.69, 9.17) is 9.47 Å². The maximum Gasteiger partial charge on any atom is 0.300 e. The molecule has 1 aliphatic rings. The van der Waals surface area contributed by atoms with Crippen LogP contribution in [0, 0.1) is 20.8 Å². The molecule has 182 valence electrons. The van der Waals surface area contributed by atoms with Crippen molar-refractivity contribution in [1.82, 2.24) is 0 Å². The van der Waals surface area contributed by atoms with Gasteiger partial charge in [0.05, 0.1) is 24.4 Å². The van der Waals surface area contributed by atoms with Gasteiger partial charge in [-0.3, -0.25) is 14.5 Å². The normalized spacial score (nSPS) is 17.2. The van der Waals surface area contributed by atoms with Gasteiger partial charge in [-0.2, -0.15) is 0 Å². The molecule has 2 aromatic carbocycles. The number of aliphatic hydroxyl groups is 1. The number of ether oxygens (including phenoxy) is 2. The molecule has 0 bridgehead atoms. The lowest BCUT2D eigenvalue weighted by atomic mass is 9.97. The van der Waals surface area contributed by atoms with Crippen LogP contribution in [0.1, 0.15) is 47.0 Å². The average Bonchev–Trinajstić information content (AvgIpc) is 3.36. The van der Waals surface area contributed by atoms with E-state index in [-0.39, 0.29) is 11.3 Å². The van der Waals surface area contributed by atoms with Gasteiger partial charge in [-0.05, 0) is 87.0 Å². The van der Waals surface area contributed by atoms with Crippen LogP contribution in [-0.2, 0) is 9.59 Å². The SMILES string of the molecule is CCOc1ccc(/C(O)=C2\C(=O)C(=O)N(c3ccc(C)c(C)c3)C2c2sccc2C)c(OCC)c1. The van der Waals surface area contributed by atoms with Crippen molar-refractivity contribution in [1.29, 1.82) is 0 Å². The highest BCUT2D eigenvalue weighted by atomic mass is 32.1. The van der Waals surface area contributed by atoms with Crippen LogP contribution in [0.4, 0.5) is 5.69 Å². The van der Waals surface area contributed by atoms with Gasteiger partial charge in [-0.25, -0.2) is 0 Å². The molecular formula is C28H29NO5S. The van der Waals surface area contributed by atoms with Crippen LogP contribution < -0.4 is 14.4 Å². The summed E-state index contributed by atoms with van der Waals surface area (Å²) in [6.45, 7) is 10.5. The Labute approximate surface area is 209 Å². The maximum atomic E-state index is 13.4. The van der Waals surface area contributed by atoms with E-state index >= 15 is 0 Å². The Morgan fingerprint density at radius 2 is 1.69 bits per heavy atom. The van der Waals surface area contributed by atoms with E-state index in [1.165, 1.54) is 16.2 Å². The predicted molar refractivity (Wildman–Crippen MR) is 139 cm³/mol. The van der Waals surface area contributed by atoms with Crippen molar-refractivity contribution in [3.8, 4) is 11.5 Å². The minimum atomic E-state index is -0.752. The van der Waals surface area contributed by atoms with Crippen LogP contribution in [0.5, 0.6) is 11.5 Å². The van der Waals surface area contributed by atoms with Gasteiger partial charge >= 0.3 is 0 Å². The van der Waals surface area contributed by atoms with E-state index in [1.54, 1.807) is 18.2 Å². The van der Waals surface area contributed by atoms with Crippen molar-refractivity contribution in [3.63, 3.8) is 0 Å². The number of hydrogen-bond donors (Lipinski definition) is 1. The molecule has 6 nitrogen and oxygen atoms in total. The second-order valence-electron chi connectivity index (χ2n) is 8.43. The Balaban J connectivity index is 1.94. The minimum absolute atomic E-state index is 0.0453. The number of anilines is 1. The second kappa shape index (κ2) is 9.96. The standard InChI is InChI=1S/C28H29NO5S/c1-6-33-20-10-11-21(22(15-20)34-7-2)25(30)23-24(27-17(4)12-13-35-27)29(28(32)26(23)31)19-9-8-16(3)18(5)14-19/h8-15,24,30H,6-7H2,1-5H3/b25-23+. The minimum Gasteiger partial charge on any atom is -0.507 e. The molecule has 7 heteroatoms. The van der Waals surface area contributed by atoms with Crippen molar-refractivity contribution < 1.29 is 24.2 Å². The fourth-order valence-electron chi connectivity index (χ4n) is 4.26. The number of nitrogens with zero attached hydrogens (tertiary/aromatic N) is 1. The summed E-state index contributed by atoms with van der Waals surface area (Å²) < 4.78 is 11.4. The van der Waals surface area contributed by atoms with E-state index in [0.717, 1.165) is 21.6 Å². The Morgan fingerprint density at radius 1 is 0.943 bits per heavy atom. The van der Waals surface area contributed by atoms with Crippen LogP contribution in [0.3, 0.4) is 0 Å². The smallest absolute Gasteiger partial charge is 0.300 e. The molecule has 1 aliphatic heterocycles. The average molecular weight is 492 g/mol. The van der Waals surface area contributed by atoms with Crippen LogP contribution >= 0.6 is 11.3 Å². The van der Waals surface area contributed by atoms with E-state index in [0.29, 0.717) is 36.0 Å². The number of ketones is 1. The van der Waals surface area contributed by atoms with Crippen molar-refractivity contribution in [2.75, 3.05) is 18.1 Å². The van der Waals surface area contributed by atoms with Gasteiger partial charge in [0.1, 0.15) is 23.3 Å². The summed E-state index contributed by atoms with van der Waals surface area (Å²) in [6.07, 6.45) is 0. The fraction of sp³-hybridized carbons (Fsp3) is 0.286. The van der Waals surface area contributed by atoms with E-state index in [2.05, 4.69) is 0 Å². The van der Waals surface area contributed by atoms with Crippen molar-refractivity contribution in [3.05, 3.63) is 80.5 Å². The number of carbonyl (C=O) groups is 2. The van der Waals surface area contributed by atoms with Crippen molar-refractivity contribution >= 4 is 34.5 Å². The molecule has 1 N–H and O–H groups in total. The third kappa shape index (κ3) is 4.44. The molecule has 0 radical (unpaired) electrons. The van der Waals surface area contributed by atoms with Gasteiger partial charge in [0.2, 0.25) is 0 Å². The van der Waals surface area contributed by atoms with E-state index in [9.17, 15) is 14.7 Å². The lowest BCUT2D eigenvalue weighted by Gasteiger charge is -2.25. The van der Waals surface area contributed by atoms with Crippen molar-refractivity contribution in [2.24, 2.45) is 0 Å². The first-order chi connectivity index (χ1) is 16.8. The summed E-state index contributed by atoms with van der Waals surface area (Å²) in [7, 11) is 0. The Kier molecular flexibility index (Phi) is 6.98. The Bertz CT molecular complexity index is 1320. The maximum absolute atomic E-state index is 13.4. The number of benzene rings is 2. The van der Waals surface area contributed by atoms with Gasteiger partial charge in [0, 0.05) is 16.6 Å². The van der Waals surface area contributed by atoms with Gasteiger partial charge in [-0.1, -0.05) is 6.07 Å². The van der Waals surface area contributed by atoms with Crippen LogP contribution in [0.2, 0.25) is 0 Å². The monoisotopic (exact) mass is 491 g/mol. The highest BCUT2D eigenvalue weighted by Gasteiger charge is 2.48. The number of carbonyl (C=O) groups excluding carboxylic acids is 2. The zero-order valence-electron chi connectivity index (χ0n) is 20.5. The lowest BCUT2D eigenvalue weighted by Crippen LogP contribution is -2.29. The van der Waals surface area contributed by atoms with Gasteiger partial charge in [0.25, 0.3) is 11.7 Å². The molecule has 0 saturated carbocycles. The van der Waals surface area contributed by atoms with Gasteiger partial charge < -0.3 is 14.6 Å². The van der Waals surface area contributed by atoms with Gasteiger partial charge in [0.15, 0.2) is 0 Å². The zero-order chi connectivity index (χ0) is 25.3. The Morgan fingerprint density at radius 3 is 2.31 bits per heavy atom. The lowest BCUT2D eigenvalue weighted by molar-refractivity contribution is -0.132. The first kappa shape index (κ1) is 24.5. The molecule has 1 unspecified atom stereocenters. The molecule has 0 spiro atoms. The second-order valence-corrected chi connectivity index (χ2v) is 9.38. The van der Waals surface area contributed by atoms with Crippen molar-refractivity contribution in [2.45, 2.75) is 40.7 Å². The molecule has 35 heavy (non-hydrogen) atoms. The number of aryl methyl sites for hydroxylation is 3. The molecule has 1 aromatic heterocycles. The van der Waals surface area contributed by atoms with E-state index < -0.39 is 17.7 Å². The predicted octanol–water partition coefficient (Wildman–Crippen LogP) is 6.10. The molecule has 1 fully saturated rings. The summed E-state index contributed by atoms with van der Waals surface area (Å²) in [5.74, 6) is -0.686. The number of aliphatic hydroxyl groups excluding tert-OH is 1. The van der Waals surface area contributed by atoms with Gasteiger partial charge in [-0.15, -0.1) is 11.3 Å². The summed E-state index contributed by atoms with van der Waals surface area (Å²) >= 11 is 1.45. The molecule has 1 saturated heterocycles. The highest BCUT2D eigenvalue weighted by molar-refractivity contribution is 7.10. The topological polar surface area (TPSA) is 76.1 Å². The van der Waals surface area contributed by atoms with Crippen LogP contribution in [-0.4, -0.2) is 30.0 Å². The first-order valence-electron chi connectivity index (χ1n) is 11.6. The molecule has 1 atom stereocenters. The zero-order valence-corrected chi connectivity index (χ0v) is 21.4. The molecule has 4 rings (SSSR count). The third-order valence-electron chi connectivity index (χ3n) is 6.18. The first-order valence-corrected chi connectivity index (χ1v) is 12.5. The summed E-state index contributed by atoms with van der Waals surface area (Å²) in [4.78, 5) is 29.2. The largest absolute Gasteiger partial charge is 0.507 e. The number of amides is 1. The highest BCUT2D eigenvalue weighted by Crippen LogP contribution is 2.46. The third-order valence-corrected chi connectivity index (χ3v) is 7.25. The summed E-state index contributed by atoms with van der Waals surface area (Å²) in [6, 6.07) is 11.9. The number of Topliss-reactive ketones (excluding diaryl/α,β-unsaturated/α-hetero) is 1. The fourth-order valence-corrected chi connectivity index (χ4v) is 5.29. The Hall–Kier alpha value is -3.58. The molecule has 0 aliphatic carbocycles. The van der Waals surface area contributed by atoms with E-state index in [1.807, 2.05) is 64.3 Å².